The first-order valence-corrected chi connectivity index (χ1v) is 5.72. The second-order valence-electron chi connectivity index (χ2n) is 3.20. The molecule has 4 heteroatoms. The molecule has 3 rings (SSSR count). The van der Waals surface area contributed by atoms with Gasteiger partial charge in [0.2, 0.25) is 0 Å². The molecule has 2 heterocycles. The molecule has 0 aliphatic rings. The van der Waals surface area contributed by atoms with Crippen molar-refractivity contribution in [1.29, 1.82) is 0 Å². The zero-order valence-corrected chi connectivity index (χ0v) is 9.32. The molecule has 0 amide bonds. The lowest BCUT2D eigenvalue weighted by Gasteiger charge is -1.95. The summed E-state index contributed by atoms with van der Waals surface area (Å²) in [7, 11) is 0. The van der Waals surface area contributed by atoms with Gasteiger partial charge in [-0.15, -0.1) is 11.3 Å². The molecule has 0 spiro atoms. The Labute approximate surface area is 95.2 Å². The molecule has 2 nitrogen and oxygen atoms in total. The average molecular weight is 233 g/mol. The third-order valence-corrected chi connectivity index (χ3v) is 3.42. The molecule has 0 aliphatic carbocycles. The third kappa shape index (κ3) is 1.52. The number of nitrogens with one attached hydrogen (secondary N) is 1. The lowest BCUT2D eigenvalue weighted by atomic mass is 10.2. The minimum Gasteiger partial charge on any atom is -0.464 e. The standard InChI is InChI=1S/C11H7NOS2/c14-11-12-8-4-3-7(6-10(8)15-11)9-2-1-5-13-9/h1-6H,(H,12,14). The van der Waals surface area contributed by atoms with Crippen molar-refractivity contribution in [2.24, 2.45) is 0 Å². The highest BCUT2D eigenvalue weighted by Crippen LogP contribution is 2.26. The van der Waals surface area contributed by atoms with Crippen molar-refractivity contribution in [2.45, 2.75) is 0 Å². The molecule has 0 aliphatic heterocycles. The summed E-state index contributed by atoms with van der Waals surface area (Å²) in [6, 6.07) is 9.98. The number of benzene rings is 1. The molecule has 3 aromatic rings. The van der Waals surface area contributed by atoms with Crippen LogP contribution in [0.25, 0.3) is 21.5 Å². The predicted molar refractivity (Wildman–Crippen MR) is 64.7 cm³/mol. The second kappa shape index (κ2) is 3.32. The highest BCUT2D eigenvalue weighted by molar-refractivity contribution is 7.73. The van der Waals surface area contributed by atoms with Crippen molar-refractivity contribution >= 4 is 33.8 Å². The predicted octanol–water partition coefficient (Wildman–Crippen LogP) is 4.22. The van der Waals surface area contributed by atoms with Crippen LogP contribution in [0.2, 0.25) is 0 Å². The van der Waals surface area contributed by atoms with Crippen molar-refractivity contribution < 1.29 is 4.42 Å². The Morgan fingerprint density at radius 1 is 1.27 bits per heavy atom. The molecule has 0 unspecified atom stereocenters. The first kappa shape index (κ1) is 8.88. The van der Waals surface area contributed by atoms with Gasteiger partial charge in [-0.3, -0.25) is 0 Å². The van der Waals surface area contributed by atoms with Gasteiger partial charge in [0.05, 0.1) is 16.5 Å². The average Bonchev–Trinajstić information content (AvgIpc) is 2.82. The summed E-state index contributed by atoms with van der Waals surface area (Å²) >= 11 is 6.68. The monoisotopic (exact) mass is 233 g/mol. The largest absolute Gasteiger partial charge is 0.464 e. The molecule has 1 aromatic carbocycles. The van der Waals surface area contributed by atoms with Crippen LogP contribution in [0.1, 0.15) is 0 Å². The van der Waals surface area contributed by atoms with E-state index in [1.165, 1.54) is 0 Å². The fourth-order valence-electron chi connectivity index (χ4n) is 1.54. The van der Waals surface area contributed by atoms with Crippen LogP contribution in [0.4, 0.5) is 0 Å². The number of fused-ring (bicyclic) bond motifs is 1. The lowest BCUT2D eigenvalue weighted by molar-refractivity contribution is 0.582. The Hall–Kier alpha value is -1.39. The first-order chi connectivity index (χ1) is 7.33. The van der Waals surface area contributed by atoms with E-state index in [0.29, 0.717) is 0 Å². The van der Waals surface area contributed by atoms with Crippen LogP contribution in [0.3, 0.4) is 0 Å². The van der Waals surface area contributed by atoms with Crippen LogP contribution < -0.4 is 0 Å². The minimum atomic E-state index is 0.807. The number of aromatic nitrogens is 1. The molecule has 0 atom stereocenters. The summed E-state index contributed by atoms with van der Waals surface area (Å²) in [6.07, 6.45) is 1.68. The second-order valence-corrected chi connectivity index (χ2v) is 4.92. The van der Waals surface area contributed by atoms with Crippen molar-refractivity contribution in [3.63, 3.8) is 0 Å². The zero-order chi connectivity index (χ0) is 10.3. The topological polar surface area (TPSA) is 28.9 Å². The Morgan fingerprint density at radius 3 is 3.00 bits per heavy atom. The fraction of sp³-hybridized carbons (Fsp3) is 0. The van der Waals surface area contributed by atoms with Gasteiger partial charge in [0.1, 0.15) is 5.76 Å². The van der Waals surface area contributed by atoms with E-state index in [1.807, 2.05) is 24.3 Å². The van der Waals surface area contributed by atoms with Gasteiger partial charge >= 0.3 is 0 Å². The van der Waals surface area contributed by atoms with Crippen LogP contribution in [0, 0.1) is 3.95 Å². The summed E-state index contributed by atoms with van der Waals surface area (Å²) in [5.41, 5.74) is 2.16. The quantitative estimate of drug-likeness (QED) is 0.637. The Bertz CT molecular complexity index is 649. The molecule has 74 valence electrons. The van der Waals surface area contributed by atoms with Crippen LogP contribution in [-0.2, 0) is 0 Å². The van der Waals surface area contributed by atoms with Gasteiger partial charge in [0.15, 0.2) is 3.95 Å². The smallest absolute Gasteiger partial charge is 0.159 e. The summed E-state index contributed by atoms with van der Waals surface area (Å²) < 4.78 is 7.31. The molecule has 0 radical (unpaired) electrons. The molecular formula is C11H7NOS2. The number of hydrogen-bond donors (Lipinski definition) is 1. The summed E-state index contributed by atoms with van der Waals surface area (Å²) in [5.74, 6) is 0.885. The van der Waals surface area contributed by atoms with Gasteiger partial charge in [-0.25, -0.2) is 0 Å². The van der Waals surface area contributed by atoms with Crippen molar-refractivity contribution in [3.05, 3.63) is 40.5 Å². The van der Waals surface area contributed by atoms with E-state index >= 15 is 0 Å². The normalized spacial score (nSPS) is 10.9. The van der Waals surface area contributed by atoms with Gasteiger partial charge in [0, 0.05) is 5.56 Å². The maximum Gasteiger partial charge on any atom is 0.159 e. The van der Waals surface area contributed by atoms with Crippen molar-refractivity contribution in [3.8, 4) is 11.3 Å². The van der Waals surface area contributed by atoms with Gasteiger partial charge < -0.3 is 9.40 Å². The summed E-state index contributed by atoms with van der Waals surface area (Å²) in [5, 5.41) is 0. The number of thiazole rings is 1. The van der Waals surface area contributed by atoms with Gasteiger partial charge in [-0.2, -0.15) is 0 Å². The van der Waals surface area contributed by atoms with E-state index in [0.717, 1.165) is 25.5 Å². The number of furan rings is 1. The molecular weight excluding hydrogens is 226 g/mol. The highest BCUT2D eigenvalue weighted by atomic mass is 32.1. The van der Waals surface area contributed by atoms with E-state index in [1.54, 1.807) is 17.6 Å². The van der Waals surface area contributed by atoms with E-state index in [-0.39, 0.29) is 0 Å². The van der Waals surface area contributed by atoms with E-state index in [2.05, 4.69) is 11.1 Å². The molecule has 15 heavy (non-hydrogen) atoms. The number of aromatic amines is 1. The molecule has 2 aromatic heterocycles. The number of hydrogen-bond acceptors (Lipinski definition) is 3. The number of H-pyrrole nitrogens is 1. The zero-order valence-electron chi connectivity index (χ0n) is 7.69. The van der Waals surface area contributed by atoms with E-state index < -0.39 is 0 Å². The third-order valence-electron chi connectivity index (χ3n) is 2.23. The summed E-state index contributed by atoms with van der Waals surface area (Å²) in [6.45, 7) is 0. The maximum absolute atomic E-state index is 5.34. The molecule has 0 fully saturated rings. The lowest BCUT2D eigenvalue weighted by Crippen LogP contribution is -1.73. The highest BCUT2D eigenvalue weighted by Gasteiger charge is 2.03. The molecule has 0 saturated carbocycles. The fourth-order valence-corrected chi connectivity index (χ4v) is 2.70. The number of rotatable bonds is 1. The molecule has 0 saturated heterocycles. The van der Waals surface area contributed by atoms with Crippen LogP contribution >= 0.6 is 23.6 Å². The maximum atomic E-state index is 5.34. The van der Waals surface area contributed by atoms with Crippen LogP contribution in [-0.4, -0.2) is 4.98 Å². The van der Waals surface area contributed by atoms with Gasteiger partial charge in [-0.05, 0) is 42.5 Å². The van der Waals surface area contributed by atoms with E-state index in [9.17, 15) is 0 Å². The summed E-state index contributed by atoms with van der Waals surface area (Å²) in [4.78, 5) is 3.13. The molecule has 1 N–H and O–H groups in total. The van der Waals surface area contributed by atoms with Crippen molar-refractivity contribution in [2.75, 3.05) is 0 Å². The molecule has 0 bridgehead atoms. The Balaban J connectivity index is 2.26. The first-order valence-electron chi connectivity index (χ1n) is 4.50. The van der Waals surface area contributed by atoms with Crippen molar-refractivity contribution in [1.82, 2.24) is 4.98 Å². The SMILES string of the molecule is S=c1[nH]c2ccc(-c3ccco3)cc2s1. The minimum absolute atomic E-state index is 0.807. The van der Waals surface area contributed by atoms with Crippen LogP contribution in [0.15, 0.2) is 41.0 Å². The van der Waals surface area contributed by atoms with E-state index in [4.69, 9.17) is 16.6 Å². The Morgan fingerprint density at radius 2 is 2.20 bits per heavy atom. The van der Waals surface area contributed by atoms with Gasteiger partial charge in [-0.1, -0.05) is 0 Å². The van der Waals surface area contributed by atoms with Crippen LogP contribution in [0.5, 0.6) is 0 Å². The van der Waals surface area contributed by atoms with Gasteiger partial charge in [0.25, 0.3) is 0 Å². The Kier molecular flexibility index (Phi) is 1.97.